The average molecular weight is 328 g/mol. The Morgan fingerprint density at radius 1 is 1.21 bits per heavy atom. The highest BCUT2D eigenvalue weighted by molar-refractivity contribution is 5.89. The summed E-state index contributed by atoms with van der Waals surface area (Å²) in [6.07, 6.45) is 3.71. The molecule has 1 fully saturated rings. The summed E-state index contributed by atoms with van der Waals surface area (Å²) in [6.45, 7) is 1.59. The van der Waals surface area contributed by atoms with E-state index in [-0.39, 0.29) is 6.03 Å². The molecule has 2 heterocycles. The fourth-order valence-corrected chi connectivity index (χ4v) is 2.96. The molecule has 0 saturated carbocycles. The number of piperidine rings is 1. The van der Waals surface area contributed by atoms with Crippen LogP contribution in [-0.4, -0.2) is 63.8 Å². The van der Waals surface area contributed by atoms with Gasteiger partial charge in [0.15, 0.2) is 5.82 Å². The Bertz CT molecular complexity index is 685. The molecule has 0 unspecified atom stereocenters. The number of aromatic nitrogens is 3. The van der Waals surface area contributed by atoms with E-state index in [9.17, 15) is 4.79 Å². The molecule has 0 bridgehead atoms. The third-order valence-electron chi connectivity index (χ3n) is 4.48. The maximum absolute atomic E-state index is 12.4. The number of nitrogens with one attached hydrogen (secondary N) is 1. The van der Waals surface area contributed by atoms with Gasteiger partial charge in [-0.3, -0.25) is 4.68 Å². The molecule has 2 amide bonds. The predicted octanol–water partition coefficient (Wildman–Crippen LogP) is 2.04. The van der Waals surface area contributed by atoms with Crippen LogP contribution in [0.15, 0.2) is 30.6 Å². The van der Waals surface area contributed by atoms with Gasteiger partial charge in [0, 0.05) is 37.4 Å². The molecule has 128 valence electrons. The van der Waals surface area contributed by atoms with E-state index in [2.05, 4.69) is 34.4 Å². The van der Waals surface area contributed by atoms with Crippen LogP contribution in [0.2, 0.25) is 0 Å². The van der Waals surface area contributed by atoms with E-state index in [1.54, 1.807) is 11.0 Å². The summed E-state index contributed by atoms with van der Waals surface area (Å²) in [7, 11) is 6.03. The molecule has 1 aliphatic rings. The molecule has 0 aliphatic carbocycles. The summed E-state index contributed by atoms with van der Waals surface area (Å²) in [5.41, 5.74) is 1.72. The first-order valence-electron chi connectivity index (χ1n) is 8.21. The number of aryl methyl sites for hydroxylation is 1. The summed E-state index contributed by atoms with van der Waals surface area (Å²) >= 11 is 0. The number of rotatable bonds is 3. The highest BCUT2D eigenvalue weighted by Crippen LogP contribution is 2.19. The fraction of sp³-hybridized carbons (Fsp3) is 0.471. The Morgan fingerprint density at radius 2 is 1.88 bits per heavy atom. The maximum Gasteiger partial charge on any atom is 0.321 e. The average Bonchev–Trinajstić information content (AvgIpc) is 3.02. The van der Waals surface area contributed by atoms with Crippen LogP contribution in [0.5, 0.6) is 0 Å². The van der Waals surface area contributed by atoms with Crippen molar-refractivity contribution in [2.75, 3.05) is 32.5 Å². The number of carbonyl (C=O) groups excluding carboxylic acids is 1. The first-order chi connectivity index (χ1) is 11.5. The van der Waals surface area contributed by atoms with Gasteiger partial charge >= 0.3 is 6.03 Å². The molecule has 7 nitrogen and oxygen atoms in total. The van der Waals surface area contributed by atoms with Crippen LogP contribution >= 0.6 is 0 Å². The van der Waals surface area contributed by atoms with Crippen molar-refractivity contribution < 1.29 is 4.79 Å². The Hall–Kier alpha value is -2.41. The minimum absolute atomic E-state index is 0.0316. The van der Waals surface area contributed by atoms with E-state index in [0.29, 0.717) is 11.9 Å². The lowest BCUT2D eigenvalue weighted by Crippen LogP contribution is -2.46. The minimum atomic E-state index is -0.0316. The molecule has 24 heavy (non-hydrogen) atoms. The summed E-state index contributed by atoms with van der Waals surface area (Å²) < 4.78 is 1.67. The zero-order valence-corrected chi connectivity index (χ0v) is 14.4. The monoisotopic (exact) mass is 328 g/mol. The maximum atomic E-state index is 12.4. The largest absolute Gasteiger partial charge is 0.324 e. The number of benzene rings is 1. The number of anilines is 1. The van der Waals surface area contributed by atoms with Gasteiger partial charge in [0.05, 0.1) is 0 Å². The molecule has 1 N–H and O–H groups in total. The van der Waals surface area contributed by atoms with E-state index in [0.717, 1.165) is 37.2 Å². The minimum Gasteiger partial charge on any atom is -0.324 e. The summed E-state index contributed by atoms with van der Waals surface area (Å²) in [4.78, 5) is 20.7. The number of urea groups is 1. The van der Waals surface area contributed by atoms with Gasteiger partial charge in [-0.1, -0.05) is 0 Å². The second-order valence-corrected chi connectivity index (χ2v) is 6.43. The van der Waals surface area contributed by atoms with Crippen LogP contribution in [0.25, 0.3) is 11.4 Å². The summed E-state index contributed by atoms with van der Waals surface area (Å²) in [6, 6.07) is 8.15. The number of amides is 2. The van der Waals surface area contributed by atoms with Crippen LogP contribution in [-0.2, 0) is 7.05 Å². The predicted molar refractivity (Wildman–Crippen MR) is 93.7 cm³/mol. The van der Waals surface area contributed by atoms with E-state index < -0.39 is 0 Å². The lowest BCUT2D eigenvalue weighted by molar-refractivity contribution is 0.156. The van der Waals surface area contributed by atoms with Gasteiger partial charge in [0.2, 0.25) is 0 Å². The van der Waals surface area contributed by atoms with Crippen molar-refractivity contribution in [2.45, 2.75) is 18.9 Å². The van der Waals surface area contributed by atoms with Crippen molar-refractivity contribution >= 4 is 11.7 Å². The molecule has 1 aliphatic heterocycles. The molecule has 3 rings (SSSR count). The normalized spacial score (nSPS) is 15.8. The molecule has 2 aromatic rings. The zero-order valence-electron chi connectivity index (χ0n) is 14.4. The van der Waals surface area contributed by atoms with Crippen LogP contribution < -0.4 is 5.32 Å². The molecule has 1 aromatic carbocycles. The zero-order chi connectivity index (χ0) is 17.1. The van der Waals surface area contributed by atoms with Crippen LogP contribution in [0.3, 0.4) is 0 Å². The van der Waals surface area contributed by atoms with Crippen LogP contribution in [0.4, 0.5) is 10.5 Å². The third kappa shape index (κ3) is 3.73. The second-order valence-electron chi connectivity index (χ2n) is 6.43. The molecule has 1 saturated heterocycles. The second kappa shape index (κ2) is 7.00. The molecule has 7 heteroatoms. The van der Waals surface area contributed by atoms with E-state index in [1.807, 2.05) is 36.2 Å². The van der Waals surface area contributed by atoms with Crippen molar-refractivity contribution in [3.05, 3.63) is 30.6 Å². The van der Waals surface area contributed by atoms with Gasteiger partial charge < -0.3 is 15.1 Å². The molecule has 0 spiro atoms. The molecular formula is C17H24N6O. The number of nitrogens with zero attached hydrogens (tertiary/aromatic N) is 5. The highest BCUT2D eigenvalue weighted by atomic mass is 16.2. The SMILES string of the molecule is CN(C)C1CCN(C(=O)Nc2ccc(-c3ncn(C)n3)cc2)CC1. The Balaban J connectivity index is 1.57. The van der Waals surface area contributed by atoms with Crippen LogP contribution in [0.1, 0.15) is 12.8 Å². The Morgan fingerprint density at radius 3 is 2.42 bits per heavy atom. The number of likely N-dealkylation sites (tertiary alicyclic amines) is 1. The molecular weight excluding hydrogens is 304 g/mol. The highest BCUT2D eigenvalue weighted by Gasteiger charge is 2.23. The van der Waals surface area contributed by atoms with Crippen molar-refractivity contribution in [3.63, 3.8) is 0 Å². The molecule has 0 atom stereocenters. The quantitative estimate of drug-likeness (QED) is 0.936. The van der Waals surface area contributed by atoms with Gasteiger partial charge in [-0.15, -0.1) is 0 Å². The van der Waals surface area contributed by atoms with Crippen molar-refractivity contribution in [1.29, 1.82) is 0 Å². The number of hydrogen-bond donors (Lipinski definition) is 1. The lowest BCUT2D eigenvalue weighted by Gasteiger charge is -2.35. The smallest absolute Gasteiger partial charge is 0.321 e. The first kappa shape index (κ1) is 16.4. The van der Waals surface area contributed by atoms with Gasteiger partial charge in [0.25, 0.3) is 0 Å². The van der Waals surface area contributed by atoms with E-state index in [4.69, 9.17) is 0 Å². The number of carbonyl (C=O) groups is 1. The standard InChI is InChI=1S/C17H24N6O/c1-21(2)15-8-10-23(11-9-15)17(24)19-14-6-4-13(5-7-14)16-18-12-22(3)20-16/h4-7,12,15H,8-11H2,1-3H3,(H,19,24). The van der Waals surface area contributed by atoms with E-state index >= 15 is 0 Å². The fourth-order valence-electron chi connectivity index (χ4n) is 2.96. The lowest BCUT2D eigenvalue weighted by atomic mass is 10.0. The van der Waals surface area contributed by atoms with Crippen molar-refractivity contribution in [2.24, 2.45) is 7.05 Å². The summed E-state index contributed by atoms with van der Waals surface area (Å²) in [5, 5.41) is 7.24. The van der Waals surface area contributed by atoms with Gasteiger partial charge in [-0.25, -0.2) is 9.78 Å². The van der Waals surface area contributed by atoms with Gasteiger partial charge in [0.1, 0.15) is 6.33 Å². The summed E-state index contributed by atoms with van der Waals surface area (Å²) in [5.74, 6) is 0.682. The Kier molecular flexibility index (Phi) is 4.80. The van der Waals surface area contributed by atoms with Crippen LogP contribution in [0, 0.1) is 0 Å². The van der Waals surface area contributed by atoms with Gasteiger partial charge in [-0.2, -0.15) is 5.10 Å². The van der Waals surface area contributed by atoms with Gasteiger partial charge in [-0.05, 0) is 51.2 Å². The molecule has 0 radical (unpaired) electrons. The topological polar surface area (TPSA) is 66.3 Å². The number of hydrogen-bond acceptors (Lipinski definition) is 4. The van der Waals surface area contributed by atoms with Crippen molar-refractivity contribution in [1.82, 2.24) is 24.6 Å². The molecule has 1 aromatic heterocycles. The van der Waals surface area contributed by atoms with Crippen molar-refractivity contribution in [3.8, 4) is 11.4 Å². The third-order valence-corrected chi connectivity index (χ3v) is 4.48. The van der Waals surface area contributed by atoms with E-state index in [1.165, 1.54) is 0 Å². The first-order valence-corrected chi connectivity index (χ1v) is 8.21. The Labute approximate surface area is 142 Å².